The molecule has 2 saturated heterocycles. The maximum atomic E-state index is 12.8. The standard InChI is InChI=1S/C17H23N3O3/c1-3-23-14-6-4-13(5-7-14)20-16(21)12-15(17(20)22)19-10-8-18(2)9-11-19/h4-7,15H,3,8-12H2,1-2H3/p+2/t15-/m1/s1. The number of quaternary nitrogens is 2. The van der Waals surface area contributed by atoms with Gasteiger partial charge in [-0.3, -0.25) is 9.59 Å². The predicted molar refractivity (Wildman–Crippen MR) is 85.8 cm³/mol. The Hall–Kier alpha value is -1.92. The fourth-order valence-electron chi connectivity index (χ4n) is 3.43. The summed E-state index contributed by atoms with van der Waals surface area (Å²) in [6, 6.07) is 6.96. The molecule has 6 heteroatoms. The zero-order valence-electron chi connectivity index (χ0n) is 13.8. The van der Waals surface area contributed by atoms with Gasteiger partial charge >= 0.3 is 0 Å². The maximum absolute atomic E-state index is 12.8. The summed E-state index contributed by atoms with van der Waals surface area (Å²) in [5.74, 6) is 0.594. The molecule has 2 amide bonds. The molecule has 0 radical (unpaired) electrons. The quantitative estimate of drug-likeness (QED) is 0.640. The number of nitrogens with one attached hydrogen (secondary N) is 2. The van der Waals surface area contributed by atoms with Crippen molar-refractivity contribution < 1.29 is 24.1 Å². The van der Waals surface area contributed by atoms with Gasteiger partial charge in [0, 0.05) is 0 Å². The van der Waals surface area contributed by atoms with Crippen molar-refractivity contribution in [2.75, 3.05) is 44.7 Å². The fourth-order valence-corrected chi connectivity index (χ4v) is 3.43. The number of ether oxygens (including phenoxy) is 1. The van der Waals surface area contributed by atoms with Crippen molar-refractivity contribution in [3.8, 4) is 5.75 Å². The number of piperazine rings is 1. The van der Waals surface area contributed by atoms with Gasteiger partial charge in [-0.25, -0.2) is 4.90 Å². The summed E-state index contributed by atoms with van der Waals surface area (Å²) >= 11 is 0. The first-order chi connectivity index (χ1) is 11.1. The lowest BCUT2D eigenvalue weighted by atomic mass is 10.2. The number of rotatable bonds is 4. The van der Waals surface area contributed by atoms with E-state index in [0.717, 1.165) is 31.9 Å². The van der Waals surface area contributed by atoms with Crippen molar-refractivity contribution in [3.05, 3.63) is 24.3 Å². The van der Waals surface area contributed by atoms with Crippen molar-refractivity contribution in [2.45, 2.75) is 19.4 Å². The average Bonchev–Trinajstić information content (AvgIpc) is 2.84. The van der Waals surface area contributed by atoms with Gasteiger partial charge in [-0.2, -0.15) is 0 Å². The summed E-state index contributed by atoms with van der Waals surface area (Å²) in [5.41, 5.74) is 0.644. The molecule has 0 aliphatic carbocycles. The van der Waals surface area contributed by atoms with Gasteiger partial charge in [0.05, 0.1) is 25.8 Å². The Morgan fingerprint density at radius 3 is 2.39 bits per heavy atom. The van der Waals surface area contributed by atoms with Crippen molar-refractivity contribution in [2.24, 2.45) is 0 Å². The second-order valence-electron chi connectivity index (χ2n) is 6.37. The molecule has 1 aromatic rings. The first kappa shape index (κ1) is 16.0. The first-order valence-corrected chi connectivity index (χ1v) is 8.35. The molecule has 0 saturated carbocycles. The summed E-state index contributed by atoms with van der Waals surface area (Å²) < 4.78 is 5.41. The van der Waals surface area contributed by atoms with E-state index < -0.39 is 0 Å². The van der Waals surface area contributed by atoms with Gasteiger partial charge in [0.2, 0.25) is 5.91 Å². The Bertz CT molecular complexity index is 579. The molecule has 2 fully saturated rings. The van der Waals surface area contributed by atoms with Gasteiger partial charge in [0.15, 0.2) is 6.04 Å². The molecule has 2 N–H and O–H groups in total. The highest BCUT2D eigenvalue weighted by Crippen LogP contribution is 2.24. The van der Waals surface area contributed by atoms with Gasteiger partial charge < -0.3 is 14.5 Å². The predicted octanol–water partition coefficient (Wildman–Crippen LogP) is -1.87. The summed E-state index contributed by atoms with van der Waals surface area (Å²) in [6.07, 6.45) is 0.320. The third kappa shape index (κ3) is 3.23. The van der Waals surface area contributed by atoms with E-state index in [9.17, 15) is 9.59 Å². The lowest BCUT2D eigenvalue weighted by Crippen LogP contribution is -3.29. The van der Waals surface area contributed by atoms with Crippen LogP contribution in [0.1, 0.15) is 13.3 Å². The van der Waals surface area contributed by atoms with E-state index in [-0.39, 0.29) is 17.9 Å². The molecule has 0 unspecified atom stereocenters. The van der Waals surface area contributed by atoms with E-state index in [0.29, 0.717) is 18.7 Å². The van der Waals surface area contributed by atoms with Crippen LogP contribution in [0.5, 0.6) is 5.75 Å². The minimum atomic E-state index is -0.220. The number of hydrogen-bond acceptors (Lipinski definition) is 3. The number of anilines is 1. The van der Waals surface area contributed by atoms with Crippen LogP contribution in [-0.2, 0) is 9.59 Å². The molecule has 0 spiro atoms. The van der Waals surface area contributed by atoms with Crippen LogP contribution in [0.3, 0.4) is 0 Å². The average molecular weight is 319 g/mol. The highest BCUT2D eigenvalue weighted by Gasteiger charge is 2.46. The SMILES string of the molecule is CCOc1ccc(N2C(=O)C[C@@H]([NH+]3CC[NH+](C)CC3)C2=O)cc1. The Labute approximate surface area is 136 Å². The molecule has 2 heterocycles. The summed E-state index contributed by atoms with van der Waals surface area (Å²) in [6.45, 7) is 6.52. The molecule has 1 atom stereocenters. The Morgan fingerprint density at radius 1 is 1.13 bits per heavy atom. The van der Waals surface area contributed by atoms with E-state index in [2.05, 4.69) is 7.05 Å². The molecule has 23 heavy (non-hydrogen) atoms. The summed E-state index contributed by atoms with van der Waals surface area (Å²) in [4.78, 5) is 29.2. The number of carbonyl (C=O) groups is 2. The van der Waals surface area contributed by atoms with Crippen LogP contribution in [0.2, 0.25) is 0 Å². The first-order valence-electron chi connectivity index (χ1n) is 8.35. The second kappa shape index (κ2) is 6.68. The van der Waals surface area contributed by atoms with Crippen molar-refractivity contribution in [1.29, 1.82) is 0 Å². The third-order valence-electron chi connectivity index (χ3n) is 4.79. The smallest absolute Gasteiger partial charge is 0.292 e. The number of amides is 2. The molecular formula is C17H25N3O3+2. The zero-order valence-corrected chi connectivity index (χ0v) is 13.8. The molecule has 124 valence electrons. The van der Waals surface area contributed by atoms with Crippen LogP contribution in [0, 0.1) is 0 Å². The molecule has 2 aliphatic rings. The number of imide groups is 1. The Balaban J connectivity index is 1.73. The fraction of sp³-hybridized carbons (Fsp3) is 0.529. The number of likely N-dealkylation sites (N-methyl/N-ethyl adjacent to an activating group) is 1. The van der Waals surface area contributed by atoms with Gasteiger partial charge in [0.1, 0.15) is 31.9 Å². The van der Waals surface area contributed by atoms with Crippen LogP contribution in [0.4, 0.5) is 5.69 Å². The molecule has 2 aliphatic heterocycles. The third-order valence-corrected chi connectivity index (χ3v) is 4.79. The van der Waals surface area contributed by atoms with Gasteiger partial charge in [-0.05, 0) is 31.2 Å². The molecule has 1 aromatic carbocycles. The lowest BCUT2D eigenvalue weighted by molar-refractivity contribution is -1.01. The van der Waals surface area contributed by atoms with Crippen molar-refractivity contribution >= 4 is 17.5 Å². The van der Waals surface area contributed by atoms with E-state index in [4.69, 9.17) is 4.74 Å². The van der Waals surface area contributed by atoms with E-state index >= 15 is 0 Å². The van der Waals surface area contributed by atoms with Crippen LogP contribution in [-0.4, -0.2) is 57.7 Å². The summed E-state index contributed by atoms with van der Waals surface area (Å²) in [7, 11) is 2.17. The topological polar surface area (TPSA) is 55.5 Å². The number of nitrogens with zero attached hydrogens (tertiary/aromatic N) is 1. The van der Waals surface area contributed by atoms with Crippen LogP contribution < -0.4 is 19.4 Å². The lowest BCUT2D eigenvalue weighted by Gasteiger charge is -2.30. The largest absolute Gasteiger partial charge is 0.494 e. The van der Waals surface area contributed by atoms with Crippen LogP contribution >= 0.6 is 0 Å². The molecule has 0 aromatic heterocycles. The van der Waals surface area contributed by atoms with E-state index in [1.54, 1.807) is 24.3 Å². The number of carbonyl (C=O) groups excluding carboxylic acids is 2. The highest BCUT2D eigenvalue weighted by molar-refractivity contribution is 6.21. The Kier molecular flexibility index (Phi) is 4.63. The van der Waals surface area contributed by atoms with Crippen LogP contribution in [0.25, 0.3) is 0 Å². The number of hydrogen-bond donors (Lipinski definition) is 2. The minimum Gasteiger partial charge on any atom is -0.494 e. The molecule has 0 bridgehead atoms. The van der Waals surface area contributed by atoms with Crippen molar-refractivity contribution in [1.82, 2.24) is 0 Å². The monoisotopic (exact) mass is 319 g/mol. The minimum absolute atomic E-state index is 0.0614. The van der Waals surface area contributed by atoms with Crippen LogP contribution in [0.15, 0.2) is 24.3 Å². The van der Waals surface area contributed by atoms with Crippen molar-refractivity contribution in [3.63, 3.8) is 0 Å². The van der Waals surface area contributed by atoms with E-state index in [1.165, 1.54) is 14.7 Å². The van der Waals surface area contributed by atoms with E-state index in [1.807, 2.05) is 6.92 Å². The van der Waals surface area contributed by atoms with Gasteiger partial charge in [0.25, 0.3) is 5.91 Å². The summed E-state index contributed by atoms with van der Waals surface area (Å²) in [5, 5.41) is 0. The molecule has 3 rings (SSSR count). The van der Waals surface area contributed by atoms with Gasteiger partial charge in [-0.1, -0.05) is 0 Å². The highest BCUT2D eigenvalue weighted by atomic mass is 16.5. The van der Waals surface area contributed by atoms with Gasteiger partial charge in [-0.15, -0.1) is 0 Å². The molecule has 6 nitrogen and oxygen atoms in total. The zero-order chi connectivity index (χ0) is 16.4. The normalized spacial score (nSPS) is 28.3. The molecular weight excluding hydrogens is 294 g/mol. The number of benzene rings is 1. The Morgan fingerprint density at radius 2 is 1.78 bits per heavy atom. The second-order valence-corrected chi connectivity index (χ2v) is 6.37. The maximum Gasteiger partial charge on any atom is 0.292 e.